The van der Waals surface area contributed by atoms with E-state index >= 15 is 0 Å². The zero-order chi connectivity index (χ0) is 9.07. The molecule has 1 nitrogen and oxygen atoms in total. The Morgan fingerprint density at radius 1 is 1.27 bits per heavy atom. The van der Waals surface area contributed by atoms with Crippen LogP contribution in [0.25, 0.3) is 0 Å². The lowest BCUT2D eigenvalue weighted by Gasteiger charge is -2.19. The van der Waals surface area contributed by atoms with E-state index in [9.17, 15) is 17.6 Å². The molecular formula is C6H10F4O. The van der Waals surface area contributed by atoms with Crippen LogP contribution in [-0.2, 0) is 4.74 Å². The largest absolute Gasteiger partial charge is 0.417 e. The van der Waals surface area contributed by atoms with Crippen molar-refractivity contribution in [1.82, 2.24) is 0 Å². The monoisotopic (exact) mass is 174 g/mol. The number of ether oxygens (including phenoxy) is 1. The quantitative estimate of drug-likeness (QED) is 0.596. The highest BCUT2D eigenvalue weighted by Crippen LogP contribution is 2.24. The highest BCUT2D eigenvalue weighted by atomic mass is 19.4. The highest BCUT2D eigenvalue weighted by molar-refractivity contribution is 4.66. The van der Waals surface area contributed by atoms with Gasteiger partial charge in [-0.1, -0.05) is 0 Å². The van der Waals surface area contributed by atoms with Crippen molar-refractivity contribution in [1.29, 1.82) is 0 Å². The molecule has 0 radical (unpaired) electrons. The third kappa shape index (κ3) is 4.19. The Morgan fingerprint density at radius 2 is 1.73 bits per heavy atom. The van der Waals surface area contributed by atoms with E-state index in [1.807, 2.05) is 0 Å². The summed E-state index contributed by atoms with van der Waals surface area (Å²) in [6.07, 6.45) is -7.49. The summed E-state index contributed by atoms with van der Waals surface area (Å²) in [6, 6.07) is 0. The third-order valence-corrected chi connectivity index (χ3v) is 0.942. The normalized spacial score (nSPS) is 15.5. The average Bonchev–Trinajstić information content (AvgIpc) is 1.79. The van der Waals surface area contributed by atoms with Gasteiger partial charge < -0.3 is 4.74 Å². The van der Waals surface area contributed by atoms with Crippen molar-refractivity contribution in [3.8, 4) is 0 Å². The molecule has 0 aliphatic rings. The summed E-state index contributed by atoms with van der Waals surface area (Å²) in [6.45, 7) is 1.32. The van der Waals surface area contributed by atoms with Crippen LogP contribution in [0.3, 0.4) is 0 Å². The number of hydrogen-bond acceptors (Lipinski definition) is 1. The maximum Gasteiger partial charge on any atom is 0.417 e. The van der Waals surface area contributed by atoms with Gasteiger partial charge in [0.2, 0.25) is 0 Å². The van der Waals surface area contributed by atoms with Gasteiger partial charge in [-0.25, -0.2) is 4.39 Å². The van der Waals surface area contributed by atoms with Crippen LogP contribution in [0, 0.1) is 0 Å². The summed E-state index contributed by atoms with van der Waals surface area (Å²) in [5.74, 6) is 0. The van der Waals surface area contributed by atoms with Gasteiger partial charge in [0.1, 0.15) is 6.67 Å². The first kappa shape index (κ1) is 10.7. The molecule has 0 spiro atoms. The Bertz CT molecular complexity index is 110. The Labute approximate surface area is 62.3 Å². The second-order valence-corrected chi connectivity index (χ2v) is 2.37. The van der Waals surface area contributed by atoms with Gasteiger partial charge in [-0.05, 0) is 13.8 Å². The lowest BCUT2D eigenvalue weighted by molar-refractivity contribution is -0.233. The SMILES string of the molecule is CC(C)OC(CF)C(F)(F)F. The lowest BCUT2D eigenvalue weighted by atomic mass is 10.3. The second-order valence-electron chi connectivity index (χ2n) is 2.37. The molecule has 0 aliphatic carbocycles. The van der Waals surface area contributed by atoms with Crippen LogP contribution in [0.2, 0.25) is 0 Å². The van der Waals surface area contributed by atoms with Gasteiger partial charge in [0.15, 0.2) is 6.10 Å². The van der Waals surface area contributed by atoms with Gasteiger partial charge in [-0.2, -0.15) is 13.2 Å². The van der Waals surface area contributed by atoms with E-state index in [0.717, 1.165) is 0 Å². The van der Waals surface area contributed by atoms with E-state index in [1.54, 1.807) is 0 Å². The minimum atomic E-state index is -4.60. The fourth-order valence-electron chi connectivity index (χ4n) is 0.530. The van der Waals surface area contributed by atoms with Gasteiger partial charge >= 0.3 is 6.18 Å². The molecule has 0 amide bonds. The van der Waals surface area contributed by atoms with Crippen LogP contribution in [0.1, 0.15) is 13.8 Å². The second kappa shape index (κ2) is 3.90. The molecule has 5 heteroatoms. The molecule has 1 atom stereocenters. The van der Waals surface area contributed by atoms with Crippen LogP contribution in [-0.4, -0.2) is 25.1 Å². The number of hydrogen-bond donors (Lipinski definition) is 0. The van der Waals surface area contributed by atoms with Crippen LogP contribution >= 0.6 is 0 Å². The summed E-state index contributed by atoms with van der Waals surface area (Å²) < 4.78 is 51.1. The maximum absolute atomic E-state index is 11.7. The highest BCUT2D eigenvalue weighted by Gasteiger charge is 2.41. The van der Waals surface area contributed by atoms with Crippen molar-refractivity contribution in [2.45, 2.75) is 32.2 Å². The number of rotatable bonds is 3. The van der Waals surface area contributed by atoms with Crippen molar-refractivity contribution < 1.29 is 22.3 Å². The molecule has 0 aromatic carbocycles. The molecule has 0 heterocycles. The van der Waals surface area contributed by atoms with Crippen molar-refractivity contribution >= 4 is 0 Å². The van der Waals surface area contributed by atoms with Crippen LogP contribution in [0.5, 0.6) is 0 Å². The van der Waals surface area contributed by atoms with Crippen molar-refractivity contribution in [3.63, 3.8) is 0 Å². The summed E-state index contributed by atoms with van der Waals surface area (Å²) in [5.41, 5.74) is 0. The molecule has 0 aromatic heterocycles. The zero-order valence-electron chi connectivity index (χ0n) is 6.28. The molecule has 0 saturated carbocycles. The molecular weight excluding hydrogens is 164 g/mol. The first-order chi connectivity index (χ1) is 4.88. The van der Waals surface area contributed by atoms with E-state index in [4.69, 9.17) is 0 Å². The standard InChI is InChI=1S/C6H10F4O/c1-4(2)11-5(3-7)6(8,9)10/h4-5H,3H2,1-2H3. The van der Waals surface area contributed by atoms with Crippen LogP contribution < -0.4 is 0 Å². The molecule has 0 rings (SSSR count). The number of alkyl halides is 4. The fraction of sp³-hybridized carbons (Fsp3) is 1.00. The van der Waals surface area contributed by atoms with Gasteiger partial charge in [0.25, 0.3) is 0 Å². The lowest BCUT2D eigenvalue weighted by Crippen LogP contribution is -2.35. The Kier molecular flexibility index (Phi) is 3.78. The minimum Gasteiger partial charge on any atom is -0.363 e. The third-order valence-electron chi connectivity index (χ3n) is 0.942. The van der Waals surface area contributed by atoms with Gasteiger partial charge in [-0.3, -0.25) is 0 Å². The summed E-state index contributed by atoms with van der Waals surface area (Å²) in [4.78, 5) is 0. The zero-order valence-corrected chi connectivity index (χ0v) is 6.28. The molecule has 0 N–H and O–H groups in total. The van der Waals surface area contributed by atoms with Crippen molar-refractivity contribution in [2.24, 2.45) is 0 Å². The average molecular weight is 174 g/mol. The van der Waals surface area contributed by atoms with Crippen molar-refractivity contribution in [3.05, 3.63) is 0 Å². The molecule has 11 heavy (non-hydrogen) atoms. The van der Waals surface area contributed by atoms with E-state index in [-0.39, 0.29) is 0 Å². The van der Waals surface area contributed by atoms with Gasteiger partial charge in [-0.15, -0.1) is 0 Å². The van der Waals surface area contributed by atoms with Gasteiger partial charge in [0, 0.05) is 0 Å². The number of halogens is 4. The topological polar surface area (TPSA) is 9.23 Å². The van der Waals surface area contributed by atoms with Gasteiger partial charge in [0.05, 0.1) is 6.10 Å². The first-order valence-electron chi connectivity index (χ1n) is 3.16. The summed E-state index contributed by atoms with van der Waals surface area (Å²) >= 11 is 0. The Balaban J connectivity index is 3.96. The minimum absolute atomic E-state index is 0.614. The molecule has 68 valence electrons. The van der Waals surface area contributed by atoms with Crippen LogP contribution in [0.4, 0.5) is 17.6 Å². The first-order valence-corrected chi connectivity index (χ1v) is 3.16. The maximum atomic E-state index is 11.7. The van der Waals surface area contributed by atoms with E-state index in [1.165, 1.54) is 13.8 Å². The molecule has 0 aromatic rings. The van der Waals surface area contributed by atoms with E-state index < -0.39 is 25.1 Å². The predicted octanol–water partition coefficient (Wildman–Crippen LogP) is 2.31. The van der Waals surface area contributed by atoms with Crippen LogP contribution in [0.15, 0.2) is 0 Å². The smallest absolute Gasteiger partial charge is 0.363 e. The Hall–Kier alpha value is -0.320. The molecule has 1 unspecified atom stereocenters. The van der Waals surface area contributed by atoms with E-state index in [2.05, 4.69) is 4.74 Å². The van der Waals surface area contributed by atoms with Crippen molar-refractivity contribution in [2.75, 3.05) is 6.67 Å². The van der Waals surface area contributed by atoms with E-state index in [0.29, 0.717) is 0 Å². The molecule has 0 saturated heterocycles. The fourth-order valence-corrected chi connectivity index (χ4v) is 0.530. The molecule has 0 aliphatic heterocycles. The Morgan fingerprint density at radius 3 is 1.82 bits per heavy atom. The molecule has 0 fully saturated rings. The summed E-state index contributed by atoms with van der Waals surface area (Å²) in [5, 5.41) is 0. The molecule has 0 bridgehead atoms. The predicted molar refractivity (Wildman–Crippen MR) is 32.0 cm³/mol. The summed E-state index contributed by atoms with van der Waals surface area (Å²) in [7, 11) is 0.